The van der Waals surface area contributed by atoms with E-state index in [1.807, 2.05) is 0 Å². The van der Waals surface area contributed by atoms with Gasteiger partial charge in [-0.1, -0.05) is 0 Å². The van der Waals surface area contributed by atoms with Crippen LogP contribution in [0.15, 0.2) is 22.7 Å². The van der Waals surface area contributed by atoms with Crippen molar-refractivity contribution in [3.63, 3.8) is 0 Å². The number of amides is 1. The molecule has 1 heterocycles. The van der Waals surface area contributed by atoms with Crippen LogP contribution in [0.1, 0.15) is 20.8 Å². The highest BCUT2D eigenvalue weighted by molar-refractivity contribution is 5.85. The number of anilines is 1. The Kier molecular flexibility index (Phi) is 4.21. The van der Waals surface area contributed by atoms with E-state index in [4.69, 9.17) is 19.7 Å². The molecule has 0 saturated carbocycles. The molecular formula is C14H19N3O4. The van der Waals surface area contributed by atoms with Gasteiger partial charge in [0, 0.05) is 5.69 Å². The van der Waals surface area contributed by atoms with E-state index < -0.39 is 11.7 Å². The molecule has 0 radical (unpaired) electrons. The fraction of sp³-hybridized carbons (Fsp3) is 0.429. The molecule has 2 aromatic rings. The molecule has 0 fully saturated rings. The molecule has 2 rings (SSSR count). The number of ether oxygens (including phenoxy) is 2. The predicted molar refractivity (Wildman–Crippen MR) is 78.2 cm³/mol. The quantitative estimate of drug-likeness (QED) is 0.663. The summed E-state index contributed by atoms with van der Waals surface area (Å²) in [6, 6.07) is 5.17. The van der Waals surface area contributed by atoms with E-state index >= 15 is 0 Å². The molecule has 0 spiro atoms. The Morgan fingerprint density at radius 3 is 2.90 bits per heavy atom. The minimum Gasteiger partial charge on any atom is -0.473 e. The molecule has 3 N–H and O–H groups in total. The maximum Gasteiger partial charge on any atom is 0.407 e. The lowest BCUT2D eigenvalue weighted by atomic mass is 10.2. The van der Waals surface area contributed by atoms with Gasteiger partial charge in [0.05, 0.1) is 11.9 Å². The molecule has 21 heavy (non-hydrogen) atoms. The molecule has 0 bridgehead atoms. The van der Waals surface area contributed by atoms with Gasteiger partial charge in [-0.05, 0) is 44.1 Å². The van der Waals surface area contributed by atoms with E-state index in [0.717, 1.165) is 0 Å². The van der Waals surface area contributed by atoms with Crippen LogP contribution in [0.5, 0.6) is 5.88 Å². The molecule has 0 aliphatic carbocycles. The SMILES string of the molecule is CC(C)(C)OC(=O)NCCOc1noc2ccc(N)cc12. The Balaban J connectivity index is 1.83. The average molecular weight is 293 g/mol. The van der Waals surface area contributed by atoms with Crippen molar-refractivity contribution < 1.29 is 18.8 Å². The topological polar surface area (TPSA) is 99.6 Å². The molecule has 7 nitrogen and oxygen atoms in total. The van der Waals surface area contributed by atoms with Gasteiger partial charge in [0.25, 0.3) is 5.88 Å². The number of carbonyl (C=O) groups is 1. The first-order chi connectivity index (χ1) is 9.85. The summed E-state index contributed by atoms with van der Waals surface area (Å²) in [5.41, 5.74) is 6.38. The first kappa shape index (κ1) is 15.0. The third kappa shape index (κ3) is 4.27. The molecule has 7 heteroatoms. The number of nitrogen functional groups attached to an aromatic ring is 1. The average Bonchev–Trinajstić information content (AvgIpc) is 2.75. The van der Waals surface area contributed by atoms with Crippen molar-refractivity contribution in [1.82, 2.24) is 10.5 Å². The zero-order valence-electron chi connectivity index (χ0n) is 12.3. The van der Waals surface area contributed by atoms with Gasteiger partial charge in [-0.3, -0.25) is 0 Å². The van der Waals surface area contributed by atoms with E-state index in [1.165, 1.54) is 0 Å². The number of alkyl carbamates (subject to hydrolysis) is 1. The molecule has 0 aliphatic heterocycles. The normalized spacial score (nSPS) is 11.4. The monoisotopic (exact) mass is 293 g/mol. The van der Waals surface area contributed by atoms with Crippen LogP contribution >= 0.6 is 0 Å². The second kappa shape index (κ2) is 5.90. The summed E-state index contributed by atoms with van der Waals surface area (Å²) >= 11 is 0. The molecule has 0 saturated heterocycles. The van der Waals surface area contributed by atoms with Crippen LogP contribution in [0.2, 0.25) is 0 Å². The molecule has 1 aromatic heterocycles. The Morgan fingerprint density at radius 1 is 1.43 bits per heavy atom. The molecule has 1 aromatic carbocycles. The van der Waals surface area contributed by atoms with Gasteiger partial charge in [0.2, 0.25) is 0 Å². The van der Waals surface area contributed by atoms with Crippen LogP contribution in [0, 0.1) is 0 Å². The number of rotatable bonds is 4. The van der Waals surface area contributed by atoms with Crippen LogP contribution in [0.25, 0.3) is 11.0 Å². The van der Waals surface area contributed by atoms with Gasteiger partial charge in [-0.25, -0.2) is 4.79 Å². The summed E-state index contributed by atoms with van der Waals surface area (Å²) in [4.78, 5) is 11.4. The van der Waals surface area contributed by atoms with Crippen LogP contribution < -0.4 is 15.8 Å². The standard InChI is InChI=1S/C14H19N3O4/c1-14(2,3)20-13(18)16-6-7-19-12-10-8-9(15)4-5-11(10)21-17-12/h4-5,8H,6-7,15H2,1-3H3,(H,16,18). The second-order valence-corrected chi connectivity index (χ2v) is 5.52. The van der Waals surface area contributed by atoms with Crippen LogP contribution in [-0.4, -0.2) is 30.0 Å². The van der Waals surface area contributed by atoms with E-state index in [9.17, 15) is 4.79 Å². The fourth-order valence-corrected chi connectivity index (χ4v) is 1.65. The van der Waals surface area contributed by atoms with Gasteiger partial charge >= 0.3 is 6.09 Å². The van der Waals surface area contributed by atoms with Crippen molar-refractivity contribution in [1.29, 1.82) is 0 Å². The van der Waals surface area contributed by atoms with Gasteiger partial charge in [0.1, 0.15) is 12.2 Å². The van der Waals surface area contributed by atoms with Gasteiger partial charge in [0.15, 0.2) is 5.58 Å². The zero-order chi connectivity index (χ0) is 15.5. The van der Waals surface area contributed by atoms with Gasteiger partial charge < -0.3 is 25.0 Å². The summed E-state index contributed by atoms with van der Waals surface area (Å²) in [6.45, 7) is 5.94. The smallest absolute Gasteiger partial charge is 0.407 e. The first-order valence-electron chi connectivity index (χ1n) is 6.60. The summed E-state index contributed by atoms with van der Waals surface area (Å²) in [5, 5.41) is 7.11. The lowest BCUT2D eigenvalue weighted by Crippen LogP contribution is -2.34. The van der Waals surface area contributed by atoms with E-state index in [-0.39, 0.29) is 6.61 Å². The van der Waals surface area contributed by atoms with Crippen molar-refractivity contribution in [2.45, 2.75) is 26.4 Å². The number of carbonyl (C=O) groups excluding carboxylic acids is 1. The van der Waals surface area contributed by atoms with E-state index in [1.54, 1.807) is 39.0 Å². The third-order valence-corrected chi connectivity index (χ3v) is 2.47. The number of hydrogen-bond acceptors (Lipinski definition) is 6. The van der Waals surface area contributed by atoms with Gasteiger partial charge in [-0.15, -0.1) is 0 Å². The molecule has 0 aliphatic rings. The maximum absolute atomic E-state index is 11.4. The summed E-state index contributed by atoms with van der Waals surface area (Å²) in [6.07, 6.45) is -0.486. The highest BCUT2D eigenvalue weighted by Crippen LogP contribution is 2.26. The summed E-state index contributed by atoms with van der Waals surface area (Å²) < 4.78 is 15.7. The van der Waals surface area contributed by atoms with Crippen molar-refractivity contribution >= 4 is 22.7 Å². The summed E-state index contributed by atoms with van der Waals surface area (Å²) in [5.74, 6) is 0.350. The molecular weight excluding hydrogens is 274 g/mol. The Hall–Kier alpha value is -2.44. The van der Waals surface area contributed by atoms with Crippen molar-refractivity contribution in [2.75, 3.05) is 18.9 Å². The number of nitrogens with one attached hydrogen (secondary N) is 1. The number of fused-ring (bicyclic) bond motifs is 1. The highest BCUT2D eigenvalue weighted by atomic mass is 16.6. The number of hydrogen-bond donors (Lipinski definition) is 2. The lowest BCUT2D eigenvalue weighted by molar-refractivity contribution is 0.0520. The van der Waals surface area contributed by atoms with E-state index in [2.05, 4.69) is 10.5 Å². The number of aromatic nitrogens is 1. The number of nitrogens with zero attached hydrogens (tertiary/aromatic N) is 1. The Morgan fingerprint density at radius 2 is 2.19 bits per heavy atom. The first-order valence-corrected chi connectivity index (χ1v) is 6.60. The van der Waals surface area contributed by atoms with Gasteiger partial charge in [-0.2, -0.15) is 0 Å². The van der Waals surface area contributed by atoms with Crippen molar-refractivity contribution in [3.8, 4) is 5.88 Å². The Bertz CT molecular complexity index is 631. The molecule has 1 amide bonds. The third-order valence-electron chi connectivity index (χ3n) is 2.47. The Labute approximate surface area is 122 Å². The predicted octanol–water partition coefficient (Wildman–Crippen LogP) is 2.31. The van der Waals surface area contributed by atoms with Crippen LogP contribution in [-0.2, 0) is 4.74 Å². The van der Waals surface area contributed by atoms with Crippen molar-refractivity contribution in [2.24, 2.45) is 0 Å². The number of benzene rings is 1. The minimum atomic E-state index is -0.523. The molecule has 0 atom stereocenters. The zero-order valence-corrected chi connectivity index (χ0v) is 12.3. The van der Waals surface area contributed by atoms with Crippen LogP contribution in [0.3, 0.4) is 0 Å². The largest absolute Gasteiger partial charge is 0.473 e. The highest BCUT2D eigenvalue weighted by Gasteiger charge is 2.15. The summed E-state index contributed by atoms with van der Waals surface area (Å²) in [7, 11) is 0. The van der Waals surface area contributed by atoms with Crippen molar-refractivity contribution in [3.05, 3.63) is 18.2 Å². The van der Waals surface area contributed by atoms with E-state index in [0.29, 0.717) is 29.1 Å². The molecule has 114 valence electrons. The second-order valence-electron chi connectivity index (χ2n) is 5.52. The number of nitrogens with two attached hydrogens (primary N) is 1. The maximum atomic E-state index is 11.4. The fourth-order valence-electron chi connectivity index (χ4n) is 1.65. The van der Waals surface area contributed by atoms with Crippen LogP contribution in [0.4, 0.5) is 10.5 Å². The lowest BCUT2D eigenvalue weighted by Gasteiger charge is -2.19. The minimum absolute atomic E-state index is 0.246. The molecule has 0 unspecified atom stereocenters.